The zero-order valence-corrected chi connectivity index (χ0v) is 10.9. The molecule has 1 amide bonds. The highest BCUT2D eigenvalue weighted by atomic mass is 32.1. The van der Waals surface area contributed by atoms with Crippen LogP contribution in [0.15, 0.2) is 17.5 Å². The number of hydrogen-bond acceptors (Lipinski definition) is 4. The molecule has 0 bridgehead atoms. The highest BCUT2D eigenvalue weighted by Gasteiger charge is 2.44. The third kappa shape index (κ3) is 2.36. The molecule has 3 atom stereocenters. The second kappa shape index (κ2) is 4.76. The second-order valence-corrected chi connectivity index (χ2v) is 5.73. The van der Waals surface area contributed by atoms with E-state index in [1.807, 2.05) is 31.4 Å². The molecule has 1 aliphatic rings. The topological polar surface area (TPSA) is 64.3 Å². The van der Waals surface area contributed by atoms with Crippen molar-refractivity contribution in [3.8, 4) is 0 Å². The molecule has 1 fully saturated rings. The number of carbonyl (C=O) groups is 1. The third-order valence-electron chi connectivity index (χ3n) is 3.35. The van der Waals surface area contributed by atoms with E-state index >= 15 is 0 Å². The Kier molecular flexibility index (Phi) is 3.51. The predicted molar refractivity (Wildman–Crippen MR) is 67.8 cm³/mol. The van der Waals surface area contributed by atoms with Gasteiger partial charge in [-0.05, 0) is 25.3 Å². The van der Waals surface area contributed by atoms with E-state index in [0.29, 0.717) is 13.2 Å². The Morgan fingerprint density at radius 1 is 1.76 bits per heavy atom. The van der Waals surface area contributed by atoms with Gasteiger partial charge in [0.1, 0.15) is 0 Å². The minimum atomic E-state index is -0.606. The summed E-state index contributed by atoms with van der Waals surface area (Å²) in [5.41, 5.74) is 5.32. The summed E-state index contributed by atoms with van der Waals surface area (Å²) in [5, 5.41) is 5.01. The summed E-state index contributed by atoms with van der Waals surface area (Å²) in [7, 11) is 0. The molecular weight excluding hydrogens is 236 g/mol. The van der Waals surface area contributed by atoms with Gasteiger partial charge in [-0.15, -0.1) is 11.3 Å². The van der Waals surface area contributed by atoms with E-state index in [0.717, 1.165) is 4.88 Å². The molecule has 3 N–H and O–H groups in total. The Morgan fingerprint density at radius 3 is 3.06 bits per heavy atom. The lowest BCUT2D eigenvalue weighted by molar-refractivity contribution is -0.131. The van der Waals surface area contributed by atoms with Crippen molar-refractivity contribution in [3.05, 3.63) is 22.4 Å². The van der Waals surface area contributed by atoms with Crippen LogP contribution in [0.5, 0.6) is 0 Å². The monoisotopic (exact) mass is 254 g/mol. The molecular formula is C12H18N2O2S. The molecule has 2 heterocycles. The Hall–Kier alpha value is -0.910. The summed E-state index contributed by atoms with van der Waals surface area (Å²) in [6.45, 7) is 4.70. The molecule has 1 aliphatic heterocycles. The minimum absolute atomic E-state index is 0.0205. The number of carbonyl (C=O) groups excluding carboxylic acids is 1. The normalized spacial score (nSPS) is 30.2. The van der Waals surface area contributed by atoms with Crippen LogP contribution < -0.4 is 11.1 Å². The lowest BCUT2D eigenvalue weighted by Gasteiger charge is -2.27. The van der Waals surface area contributed by atoms with Crippen LogP contribution >= 0.6 is 11.3 Å². The van der Waals surface area contributed by atoms with Gasteiger partial charge in [0.05, 0.1) is 24.7 Å². The van der Waals surface area contributed by atoms with Crippen LogP contribution in [-0.2, 0) is 9.53 Å². The average molecular weight is 254 g/mol. The minimum Gasteiger partial charge on any atom is -0.379 e. The van der Waals surface area contributed by atoms with Gasteiger partial charge in [0, 0.05) is 10.9 Å². The van der Waals surface area contributed by atoms with Crippen molar-refractivity contribution < 1.29 is 9.53 Å². The van der Waals surface area contributed by atoms with Crippen molar-refractivity contribution in [3.63, 3.8) is 0 Å². The van der Waals surface area contributed by atoms with Crippen molar-refractivity contribution >= 4 is 17.2 Å². The molecule has 3 unspecified atom stereocenters. The molecule has 1 aromatic heterocycles. The van der Waals surface area contributed by atoms with Gasteiger partial charge in [-0.1, -0.05) is 6.07 Å². The maximum atomic E-state index is 12.2. The molecule has 0 saturated carbocycles. The number of nitrogens with one attached hydrogen (secondary N) is 1. The first-order valence-electron chi connectivity index (χ1n) is 5.72. The van der Waals surface area contributed by atoms with Crippen LogP contribution in [0, 0.1) is 5.41 Å². The van der Waals surface area contributed by atoms with Crippen LogP contribution in [0.1, 0.15) is 24.8 Å². The van der Waals surface area contributed by atoms with E-state index < -0.39 is 5.41 Å². The molecule has 1 aromatic rings. The quantitative estimate of drug-likeness (QED) is 0.854. The first-order valence-corrected chi connectivity index (χ1v) is 6.59. The highest BCUT2D eigenvalue weighted by Crippen LogP contribution is 2.28. The molecule has 0 spiro atoms. The predicted octanol–water partition coefficient (Wildman–Crippen LogP) is 1.29. The molecule has 1 saturated heterocycles. The number of amides is 1. The van der Waals surface area contributed by atoms with Crippen LogP contribution in [0.3, 0.4) is 0 Å². The number of hydrogen-bond donors (Lipinski definition) is 2. The van der Waals surface area contributed by atoms with Crippen LogP contribution in [0.2, 0.25) is 0 Å². The van der Waals surface area contributed by atoms with Crippen molar-refractivity contribution in [2.24, 2.45) is 11.1 Å². The summed E-state index contributed by atoms with van der Waals surface area (Å²) in [4.78, 5) is 13.4. The first-order chi connectivity index (χ1) is 8.04. The standard InChI is InChI=1S/C12H18N2O2S/c1-8(9-4-3-5-17-9)14-11(15)12(2)7-16-6-10(12)13/h3-5,8,10H,6-7,13H2,1-2H3,(H,14,15). The molecule has 0 aliphatic carbocycles. The Balaban J connectivity index is 2.02. The van der Waals surface area contributed by atoms with Crippen molar-refractivity contribution in [2.45, 2.75) is 25.9 Å². The van der Waals surface area contributed by atoms with Gasteiger partial charge in [0.15, 0.2) is 0 Å². The van der Waals surface area contributed by atoms with Gasteiger partial charge >= 0.3 is 0 Å². The SMILES string of the molecule is CC(NC(=O)C1(C)COCC1N)c1cccs1. The lowest BCUT2D eigenvalue weighted by atomic mass is 9.84. The molecule has 5 heteroatoms. The van der Waals surface area contributed by atoms with Crippen LogP contribution in [0.4, 0.5) is 0 Å². The van der Waals surface area contributed by atoms with E-state index in [4.69, 9.17) is 10.5 Å². The highest BCUT2D eigenvalue weighted by molar-refractivity contribution is 7.10. The van der Waals surface area contributed by atoms with Crippen molar-refractivity contribution in [2.75, 3.05) is 13.2 Å². The number of nitrogens with two attached hydrogens (primary N) is 1. The maximum Gasteiger partial charge on any atom is 0.230 e. The van der Waals surface area contributed by atoms with Crippen molar-refractivity contribution in [1.29, 1.82) is 0 Å². The lowest BCUT2D eigenvalue weighted by Crippen LogP contribution is -2.50. The van der Waals surface area contributed by atoms with Gasteiger partial charge < -0.3 is 15.8 Å². The fourth-order valence-corrected chi connectivity index (χ4v) is 2.63. The van der Waals surface area contributed by atoms with Gasteiger partial charge in [0.25, 0.3) is 0 Å². The number of rotatable bonds is 3. The van der Waals surface area contributed by atoms with Gasteiger partial charge in [0.2, 0.25) is 5.91 Å². The summed E-state index contributed by atoms with van der Waals surface area (Å²) < 4.78 is 5.28. The summed E-state index contributed by atoms with van der Waals surface area (Å²) in [6, 6.07) is 3.79. The Labute approximate surface area is 105 Å². The van der Waals surface area contributed by atoms with Gasteiger partial charge in [-0.2, -0.15) is 0 Å². The average Bonchev–Trinajstić information content (AvgIpc) is 2.90. The molecule has 94 valence electrons. The van der Waals surface area contributed by atoms with E-state index in [1.54, 1.807) is 11.3 Å². The van der Waals surface area contributed by atoms with Crippen molar-refractivity contribution in [1.82, 2.24) is 5.32 Å². The Morgan fingerprint density at radius 2 is 2.53 bits per heavy atom. The molecule has 0 aromatic carbocycles. The number of ether oxygens (including phenoxy) is 1. The summed E-state index contributed by atoms with van der Waals surface area (Å²) in [6.07, 6.45) is 0. The maximum absolute atomic E-state index is 12.2. The van der Waals surface area contributed by atoms with E-state index in [2.05, 4.69) is 5.32 Å². The second-order valence-electron chi connectivity index (χ2n) is 4.75. The fraction of sp³-hybridized carbons (Fsp3) is 0.583. The van der Waals surface area contributed by atoms with Gasteiger partial charge in [-0.3, -0.25) is 4.79 Å². The summed E-state index contributed by atoms with van der Waals surface area (Å²) >= 11 is 1.64. The molecule has 17 heavy (non-hydrogen) atoms. The van der Waals surface area contributed by atoms with Crippen LogP contribution in [-0.4, -0.2) is 25.2 Å². The molecule has 2 rings (SSSR count). The summed E-state index contributed by atoms with van der Waals surface area (Å²) in [5.74, 6) is -0.0246. The first kappa shape index (κ1) is 12.5. The zero-order valence-electron chi connectivity index (χ0n) is 10.1. The zero-order chi connectivity index (χ0) is 12.5. The van der Waals surface area contributed by atoms with Crippen LogP contribution in [0.25, 0.3) is 0 Å². The van der Waals surface area contributed by atoms with E-state index in [9.17, 15) is 4.79 Å². The smallest absolute Gasteiger partial charge is 0.230 e. The van der Waals surface area contributed by atoms with E-state index in [-0.39, 0.29) is 18.0 Å². The Bertz CT molecular complexity index is 393. The number of thiophene rings is 1. The van der Waals surface area contributed by atoms with E-state index in [1.165, 1.54) is 0 Å². The fourth-order valence-electron chi connectivity index (χ4n) is 1.89. The molecule has 0 radical (unpaired) electrons. The van der Waals surface area contributed by atoms with Gasteiger partial charge in [-0.25, -0.2) is 0 Å². The molecule has 4 nitrogen and oxygen atoms in total. The third-order valence-corrected chi connectivity index (χ3v) is 4.41. The largest absolute Gasteiger partial charge is 0.379 e.